The van der Waals surface area contributed by atoms with Gasteiger partial charge in [-0.25, -0.2) is 9.97 Å². The number of aromatic nitrogens is 2. The van der Waals surface area contributed by atoms with Crippen LogP contribution < -0.4 is 5.73 Å². The van der Waals surface area contributed by atoms with Crippen LogP contribution in [0.5, 0.6) is 0 Å². The maximum absolute atomic E-state index is 11.4. The zero-order valence-corrected chi connectivity index (χ0v) is 6.90. The lowest BCUT2D eigenvalue weighted by Gasteiger charge is -2.05. The van der Waals surface area contributed by atoms with Gasteiger partial charge in [-0.1, -0.05) is 6.92 Å². The predicted octanol–water partition coefficient (Wildman–Crippen LogP) is 0.397. The fourth-order valence-electron chi connectivity index (χ4n) is 0.826. The molecule has 0 spiro atoms. The highest BCUT2D eigenvalue weighted by molar-refractivity contribution is 5.99. The van der Waals surface area contributed by atoms with Gasteiger partial charge in [0.1, 0.15) is 6.33 Å². The van der Waals surface area contributed by atoms with Crippen molar-refractivity contribution in [3.8, 4) is 0 Å². The lowest BCUT2D eigenvalue weighted by molar-refractivity contribution is 0.0958. The predicted molar refractivity (Wildman–Crippen MR) is 44.6 cm³/mol. The third kappa shape index (κ3) is 1.85. The molecule has 0 aliphatic carbocycles. The van der Waals surface area contributed by atoms with Crippen LogP contribution in [0.15, 0.2) is 18.7 Å². The summed E-state index contributed by atoms with van der Waals surface area (Å²) < 4.78 is 0. The van der Waals surface area contributed by atoms with E-state index in [9.17, 15) is 4.79 Å². The monoisotopic (exact) mass is 165 g/mol. The molecule has 64 valence electrons. The molecular weight excluding hydrogens is 154 g/mol. The van der Waals surface area contributed by atoms with Crippen LogP contribution in [-0.2, 0) is 0 Å². The number of nitrogens with two attached hydrogens (primary N) is 1. The number of ketones is 1. The number of carbonyl (C=O) groups is 1. The van der Waals surface area contributed by atoms with Gasteiger partial charge >= 0.3 is 0 Å². The van der Waals surface area contributed by atoms with Crippen molar-refractivity contribution in [1.29, 1.82) is 0 Å². The molecule has 4 nitrogen and oxygen atoms in total. The highest BCUT2D eigenvalue weighted by Gasteiger charge is 2.13. The van der Waals surface area contributed by atoms with Crippen LogP contribution in [0.3, 0.4) is 0 Å². The standard InChI is InChI=1S/C8H11N3O/c1-2-7(9)8(12)6-3-10-5-11-4-6/h3-5,7H,2,9H2,1H3. The lowest BCUT2D eigenvalue weighted by Crippen LogP contribution is -2.29. The Morgan fingerprint density at radius 2 is 2.17 bits per heavy atom. The third-order valence-corrected chi connectivity index (χ3v) is 1.62. The van der Waals surface area contributed by atoms with Gasteiger partial charge in [-0.15, -0.1) is 0 Å². The Labute approximate surface area is 70.8 Å². The van der Waals surface area contributed by atoms with E-state index in [4.69, 9.17) is 5.73 Å². The van der Waals surface area contributed by atoms with Gasteiger partial charge in [-0.2, -0.15) is 0 Å². The van der Waals surface area contributed by atoms with E-state index < -0.39 is 6.04 Å². The smallest absolute Gasteiger partial charge is 0.182 e. The maximum Gasteiger partial charge on any atom is 0.182 e. The highest BCUT2D eigenvalue weighted by atomic mass is 16.1. The van der Waals surface area contributed by atoms with Crippen LogP contribution in [-0.4, -0.2) is 21.8 Å². The molecule has 0 saturated carbocycles. The van der Waals surface area contributed by atoms with E-state index in [-0.39, 0.29) is 5.78 Å². The quantitative estimate of drug-likeness (QED) is 0.658. The number of nitrogens with zero attached hydrogens (tertiary/aromatic N) is 2. The first-order chi connectivity index (χ1) is 5.75. The van der Waals surface area contributed by atoms with Gasteiger partial charge in [0.15, 0.2) is 5.78 Å². The van der Waals surface area contributed by atoms with E-state index in [0.717, 1.165) is 0 Å². The van der Waals surface area contributed by atoms with Gasteiger partial charge in [0.25, 0.3) is 0 Å². The van der Waals surface area contributed by atoms with Crippen LogP contribution in [0.1, 0.15) is 23.7 Å². The van der Waals surface area contributed by atoms with Gasteiger partial charge < -0.3 is 5.73 Å². The lowest BCUT2D eigenvalue weighted by atomic mass is 10.1. The van der Waals surface area contributed by atoms with Crippen LogP contribution in [0, 0.1) is 0 Å². The number of rotatable bonds is 3. The molecule has 0 aliphatic heterocycles. The number of hydrogen-bond donors (Lipinski definition) is 1. The molecule has 1 rings (SSSR count). The Balaban J connectivity index is 2.79. The van der Waals surface area contributed by atoms with Gasteiger partial charge in [-0.05, 0) is 6.42 Å². The van der Waals surface area contributed by atoms with E-state index in [2.05, 4.69) is 9.97 Å². The number of hydrogen-bond acceptors (Lipinski definition) is 4. The van der Waals surface area contributed by atoms with E-state index in [1.165, 1.54) is 18.7 Å². The molecule has 1 heterocycles. The minimum atomic E-state index is -0.434. The Morgan fingerprint density at radius 1 is 1.58 bits per heavy atom. The van der Waals surface area contributed by atoms with Gasteiger partial charge in [-0.3, -0.25) is 4.79 Å². The summed E-state index contributed by atoms with van der Waals surface area (Å²) in [5.74, 6) is -0.0990. The molecule has 1 aromatic heterocycles. The second kappa shape index (κ2) is 3.92. The molecule has 0 aliphatic rings. The summed E-state index contributed by atoms with van der Waals surface area (Å²) in [4.78, 5) is 18.8. The fraction of sp³-hybridized carbons (Fsp3) is 0.375. The summed E-state index contributed by atoms with van der Waals surface area (Å²) in [5, 5.41) is 0. The van der Waals surface area contributed by atoms with Crippen molar-refractivity contribution in [2.45, 2.75) is 19.4 Å². The van der Waals surface area contributed by atoms with Crippen molar-refractivity contribution in [2.75, 3.05) is 0 Å². The summed E-state index contributed by atoms with van der Waals surface area (Å²) in [6.45, 7) is 1.87. The zero-order chi connectivity index (χ0) is 8.97. The molecule has 1 aromatic rings. The first-order valence-corrected chi connectivity index (χ1v) is 3.80. The minimum absolute atomic E-state index is 0.0990. The van der Waals surface area contributed by atoms with Crippen molar-refractivity contribution >= 4 is 5.78 Å². The SMILES string of the molecule is CCC(N)C(=O)c1cncnc1. The molecular formula is C8H11N3O. The Bertz CT molecular complexity index is 260. The fourth-order valence-corrected chi connectivity index (χ4v) is 0.826. The summed E-state index contributed by atoms with van der Waals surface area (Å²) in [7, 11) is 0. The normalized spacial score (nSPS) is 12.5. The minimum Gasteiger partial charge on any atom is -0.321 e. The average Bonchev–Trinajstić information content (AvgIpc) is 2.17. The molecule has 1 atom stereocenters. The molecule has 2 N–H and O–H groups in total. The second-order valence-corrected chi connectivity index (χ2v) is 2.51. The van der Waals surface area contributed by atoms with E-state index in [1.54, 1.807) is 0 Å². The molecule has 12 heavy (non-hydrogen) atoms. The van der Waals surface area contributed by atoms with Crippen molar-refractivity contribution in [1.82, 2.24) is 9.97 Å². The number of carbonyl (C=O) groups excluding carboxylic acids is 1. The molecule has 0 aromatic carbocycles. The molecule has 0 bridgehead atoms. The topological polar surface area (TPSA) is 68.9 Å². The van der Waals surface area contributed by atoms with Crippen LogP contribution in [0.2, 0.25) is 0 Å². The largest absolute Gasteiger partial charge is 0.321 e. The molecule has 0 saturated heterocycles. The molecule has 1 unspecified atom stereocenters. The van der Waals surface area contributed by atoms with Crippen LogP contribution in [0.25, 0.3) is 0 Å². The maximum atomic E-state index is 11.4. The summed E-state index contributed by atoms with van der Waals surface area (Å²) in [5.41, 5.74) is 6.02. The van der Waals surface area contributed by atoms with Crippen molar-refractivity contribution < 1.29 is 4.79 Å². The molecule has 0 amide bonds. The summed E-state index contributed by atoms with van der Waals surface area (Å²) >= 11 is 0. The Morgan fingerprint density at radius 3 is 2.67 bits per heavy atom. The van der Waals surface area contributed by atoms with Crippen LogP contribution in [0.4, 0.5) is 0 Å². The molecule has 0 radical (unpaired) electrons. The van der Waals surface area contributed by atoms with Crippen molar-refractivity contribution in [3.05, 3.63) is 24.3 Å². The molecule has 0 fully saturated rings. The Hall–Kier alpha value is -1.29. The molecule has 4 heteroatoms. The first kappa shape index (κ1) is 8.80. The van der Waals surface area contributed by atoms with E-state index in [1.807, 2.05) is 6.92 Å². The van der Waals surface area contributed by atoms with Crippen LogP contribution >= 0.6 is 0 Å². The second-order valence-electron chi connectivity index (χ2n) is 2.51. The summed E-state index contributed by atoms with van der Waals surface area (Å²) in [6, 6.07) is -0.434. The summed E-state index contributed by atoms with van der Waals surface area (Å²) in [6.07, 6.45) is 4.97. The van der Waals surface area contributed by atoms with E-state index >= 15 is 0 Å². The third-order valence-electron chi connectivity index (χ3n) is 1.62. The number of Topliss-reactive ketones (excluding diaryl/α,β-unsaturated/α-hetero) is 1. The highest BCUT2D eigenvalue weighted by Crippen LogP contribution is 2.00. The van der Waals surface area contributed by atoms with E-state index in [0.29, 0.717) is 12.0 Å². The van der Waals surface area contributed by atoms with Crippen molar-refractivity contribution in [3.63, 3.8) is 0 Å². The zero-order valence-electron chi connectivity index (χ0n) is 6.90. The van der Waals surface area contributed by atoms with Gasteiger partial charge in [0.05, 0.1) is 11.6 Å². The van der Waals surface area contributed by atoms with Gasteiger partial charge in [0, 0.05) is 12.4 Å². The average molecular weight is 165 g/mol. The van der Waals surface area contributed by atoms with Gasteiger partial charge in [0.2, 0.25) is 0 Å². The first-order valence-electron chi connectivity index (χ1n) is 3.80. The van der Waals surface area contributed by atoms with Crippen molar-refractivity contribution in [2.24, 2.45) is 5.73 Å². The Kier molecular flexibility index (Phi) is 2.88.